The molecule has 22 heavy (non-hydrogen) atoms. The largest absolute Gasteiger partial charge is 0.392 e. The Morgan fingerprint density at radius 2 is 2.27 bits per heavy atom. The highest BCUT2D eigenvalue weighted by molar-refractivity contribution is 5.07. The lowest BCUT2D eigenvalue weighted by Crippen LogP contribution is -2.24. The van der Waals surface area contributed by atoms with Crippen LogP contribution >= 0.6 is 0 Å². The Kier molecular flexibility index (Phi) is 4.26. The van der Waals surface area contributed by atoms with E-state index < -0.39 is 0 Å². The Hall–Kier alpha value is -1.73. The van der Waals surface area contributed by atoms with Gasteiger partial charge in [0, 0.05) is 31.4 Å². The molecule has 0 unspecified atom stereocenters. The monoisotopic (exact) mass is 305 g/mol. The summed E-state index contributed by atoms with van der Waals surface area (Å²) in [7, 11) is 0. The number of hydrogen-bond acceptors (Lipinski definition) is 6. The second kappa shape index (κ2) is 6.18. The average molecular weight is 305 g/mol. The van der Waals surface area contributed by atoms with Crippen LogP contribution in [-0.2, 0) is 13.1 Å². The Balaban J connectivity index is 1.71. The van der Waals surface area contributed by atoms with Crippen molar-refractivity contribution >= 4 is 0 Å². The fourth-order valence-corrected chi connectivity index (χ4v) is 2.96. The van der Waals surface area contributed by atoms with E-state index in [1.54, 1.807) is 6.92 Å². The lowest BCUT2D eigenvalue weighted by Gasteiger charge is -2.20. The maximum Gasteiger partial charge on any atom is 0.244 e. The molecule has 1 aliphatic rings. The third-order valence-electron chi connectivity index (χ3n) is 3.83. The standard InChI is InChI=1S/C15H23N5O2/c1-10(2)6-20-8-12(5-16-20)7-19-9-13(21)4-14(19)15-17-11(3)18-22-15/h5,8,10,13-14,21H,4,6-7,9H2,1-3H3/t13-,14+/m0/s1. The van der Waals surface area contributed by atoms with Crippen molar-refractivity contribution in [2.45, 2.75) is 52.4 Å². The van der Waals surface area contributed by atoms with Crippen LogP contribution in [0.25, 0.3) is 0 Å². The van der Waals surface area contributed by atoms with E-state index in [-0.39, 0.29) is 12.1 Å². The second-order valence-corrected chi connectivity index (χ2v) is 6.48. The molecule has 2 atom stereocenters. The first-order valence-corrected chi connectivity index (χ1v) is 7.75. The van der Waals surface area contributed by atoms with Crippen molar-refractivity contribution in [3.63, 3.8) is 0 Å². The lowest BCUT2D eigenvalue weighted by molar-refractivity contribution is 0.169. The molecular weight excluding hydrogens is 282 g/mol. The van der Waals surface area contributed by atoms with E-state index in [2.05, 4.69) is 40.2 Å². The maximum atomic E-state index is 9.99. The van der Waals surface area contributed by atoms with E-state index in [0.717, 1.165) is 18.7 Å². The molecular formula is C15H23N5O2. The molecule has 0 saturated carbocycles. The summed E-state index contributed by atoms with van der Waals surface area (Å²) < 4.78 is 7.26. The highest BCUT2D eigenvalue weighted by Crippen LogP contribution is 2.32. The third-order valence-corrected chi connectivity index (χ3v) is 3.83. The number of nitrogens with zero attached hydrogens (tertiary/aromatic N) is 5. The van der Waals surface area contributed by atoms with Crippen molar-refractivity contribution in [2.75, 3.05) is 6.54 Å². The predicted molar refractivity (Wildman–Crippen MR) is 79.9 cm³/mol. The summed E-state index contributed by atoms with van der Waals surface area (Å²) in [5.41, 5.74) is 1.14. The Bertz CT molecular complexity index is 621. The Morgan fingerprint density at radius 1 is 1.45 bits per heavy atom. The maximum absolute atomic E-state index is 9.99. The molecule has 0 amide bonds. The van der Waals surface area contributed by atoms with Gasteiger partial charge in [0.2, 0.25) is 5.89 Å². The number of aliphatic hydroxyl groups is 1. The van der Waals surface area contributed by atoms with Crippen LogP contribution < -0.4 is 0 Å². The zero-order valence-corrected chi connectivity index (χ0v) is 13.3. The highest BCUT2D eigenvalue weighted by Gasteiger charge is 2.35. The van der Waals surface area contributed by atoms with Gasteiger partial charge >= 0.3 is 0 Å². The van der Waals surface area contributed by atoms with Gasteiger partial charge in [-0.2, -0.15) is 10.1 Å². The zero-order valence-electron chi connectivity index (χ0n) is 13.3. The first-order valence-electron chi connectivity index (χ1n) is 7.75. The predicted octanol–water partition coefficient (Wildman–Crippen LogP) is 1.54. The fraction of sp³-hybridized carbons (Fsp3) is 0.667. The lowest BCUT2D eigenvalue weighted by atomic mass is 10.2. The molecule has 2 aromatic heterocycles. The molecule has 1 fully saturated rings. The average Bonchev–Trinajstić information content (AvgIpc) is 3.11. The van der Waals surface area contributed by atoms with Gasteiger partial charge in [0.05, 0.1) is 18.3 Å². The fourth-order valence-electron chi connectivity index (χ4n) is 2.96. The van der Waals surface area contributed by atoms with Crippen LogP contribution in [0.15, 0.2) is 16.9 Å². The van der Waals surface area contributed by atoms with E-state index >= 15 is 0 Å². The first kappa shape index (κ1) is 15.2. The molecule has 3 heterocycles. The van der Waals surface area contributed by atoms with Crippen molar-refractivity contribution in [3.05, 3.63) is 29.7 Å². The van der Waals surface area contributed by atoms with Gasteiger partial charge in [0.15, 0.2) is 5.82 Å². The van der Waals surface area contributed by atoms with Gasteiger partial charge in [0.1, 0.15) is 0 Å². The summed E-state index contributed by atoms with van der Waals surface area (Å²) in [6.45, 7) is 8.40. The molecule has 1 saturated heterocycles. The number of aliphatic hydroxyl groups excluding tert-OH is 1. The summed E-state index contributed by atoms with van der Waals surface area (Å²) in [6.07, 6.45) is 4.23. The molecule has 1 N–H and O–H groups in total. The van der Waals surface area contributed by atoms with E-state index in [0.29, 0.717) is 30.6 Å². The number of likely N-dealkylation sites (tertiary alicyclic amines) is 1. The van der Waals surface area contributed by atoms with E-state index in [1.807, 2.05) is 10.9 Å². The summed E-state index contributed by atoms with van der Waals surface area (Å²) >= 11 is 0. The van der Waals surface area contributed by atoms with E-state index in [1.165, 1.54) is 0 Å². The third kappa shape index (κ3) is 3.36. The van der Waals surface area contributed by atoms with Crippen LogP contribution in [0.3, 0.4) is 0 Å². The highest BCUT2D eigenvalue weighted by atomic mass is 16.5. The van der Waals surface area contributed by atoms with Crippen molar-refractivity contribution in [2.24, 2.45) is 5.92 Å². The van der Waals surface area contributed by atoms with Crippen LogP contribution in [-0.4, -0.2) is 42.6 Å². The molecule has 7 heteroatoms. The van der Waals surface area contributed by atoms with Crippen molar-refractivity contribution in [3.8, 4) is 0 Å². The van der Waals surface area contributed by atoms with Crippen molar-refractivity contribution in [1.82, 2.24) is 24.8 Å². The van der Waals surface area contributed by atoms with Gasteiger partial charge in [-0.1, -0.05) is 19.0 Å². The minimum Gasteiger partial charge on any atom is -0.392 e. The number of β-amino-alcohol motifs (C(OH)–C–C–N with tert-alkyl or cyclic N) is 1. The van der Waals surface area contributed by atoms with Crippen LogP contribution in [0.5, 0.6) is 0 Å². The zero-order chi connectivity index (χ0) is 15.7. The Labute approximate surface area is 129 Å². The van der Waals surface area contributed by atoms with Crippen LogP contribution in [0.1, 0.15) is 43.6 Å². The molecule has 0 aromatic carbocycles. The molecule has 0 spiro atoms. The number of hydrogen-bond donors (Lipinski definition) is 1. The molecule has 0 bridgehead atoms. The second-order valence-electron chi connectivity index (χ2n) is 6.48. The smallest absolute Gasteiger partial charge is 0.244 e. The van der Waals surface area contributed by atoms with Gasteiger partial charge < -0.3 is 9.63 Å². The molecule has 0 aliphatic carbocycles. The number of aromatic nitrogens is 4. The van der Waals surface area contributed by atoms with Gasteiger partial charge in [0.25, 0.3) is 0 Å². The normalized spacial score (nSPS) is 22.8. The summed E-state index contributed by atoms with van der Waals surface area (Å²) in [6, 6.07) is -0.0235. The number of aryl methyl sites for hydroxylation is 1. The number of rotatable bonds is 5. The van der Waals surface area contributed by atoms with Crippen molar-refractivity contribution in [1.29, 1.82) is 0 Å². The molecule has 120 valence electrons. The summed E-state index contributed by atoms with van der Waals surface area (Å²) in [5.74, 6) is 1.78. The molecule has 7 nitrogen and oxygen atoms in total. The molecule has 1 aliphatic heterocycles. The van der Waals surface area contributed by atoms with Crippen molar-refractivity contribution < 1.29 is 9.63 Å². The van der Waals surface area contributed by atoms with Gasteiger partial charge in [-0.05, 0) is 19.3 Å². The van der Waals surface area contributed by atoms with Gasteiger partial charge in [-0.25, -0.2) is 0 Å². The van der Waals surface area contributed by atoms with E-state index in [9.17, 15) is 5.11 Å². The summed E-state index contributed by atoms with van der Waals surface area (Å²) in [4.78, 5) is 6.49. The van der Waals surface area contributed by atoms with Gasteiger partial charge in [-0.3, -0.25) is 9.58 Å². The van der Waals surface area contributed by atoms with Crippen LogP contribution in [0.2, 0.25) is 0 Å². The van der Waals surface area contributed by atoms with E-state index in [4.69, 9.17) is 4.52 Å². The minimum atomic E-state index is -0.358. The SMILES string of the molecule is Cc1noc([C@H]2C[C@H](O)CN2Cc2cnn(CC(C)C)c2)n1. The molecule has 3 rings (SSSR count). The topological polar surface area (TPSA) is 80.2 Å². The summed E-state index contributed by atoms with van der Waals surface area (Å²) in [5, 5.41) is 18.2. The Morgan fingerprint density at radius 3 is 2.95 bits per heavy atom. The molecule has 0 radical (unpaired) electrons. The quantitative estimate of drug-likeness (QED) is 0.902. The van der Waals surface area contributed by atoms with Crippen LogP contribution in [0, 0.1) is 12.8 Å². The molecule has 2 aromatic rings. The van der Waals surface area contributed by atoms with Gasteiger partial charge in [-0.15, -0.1) is 0 Å². The van der Waals surface area contributed by atoms with Crippen LogP contribution in [0.4, 0.5) is 0 Å². The first-order chi connectivity index (χ1) is 10.5. The minimum absolute atomic E-state index is 0.0235.